The molecule has 3 aromatic rings. The molecule has 1 heterocycles. The van der Waals surface area contributed by atoms with Gasteiger partial charge in [-0.3, -0.25) is 4.79 Å². The fourth-order valence-corrected chi connectivity index (χ4v) is 2.27. The van der Waals surface area contributed by atoms with Crippen LogP contribution in [0, 0.1) is 0 Å². The third-order valence-electron chi connectivity index (χ3n) is 3.64. The van der Waals surface area contributed by atoms with Gasteiger partial charge in [-0.25, -0.2) is 4.79 Å². The molecule has 0 bridgehead atoms. The predicted octanol–water partition coefficient (Wildman–Crippen LogP) is 3.67. The van der Waals surface area contributed by atoms with E-state index in [2.05, 4.69) is 0 Å². The van der Waals surface area contributed by atoms with Crippen LogP contribution < -0.4 is 10.2 Å². The van der Waals surface area contributed by atoms with E-state index >= 15 is 0 Å². The standard InChI is InChI=1S/C20H16O5/c1-23-16-9-7-15(8-10-16)19-11-18(21)17(13-24-19)20(22)25-12-14-5-3-2-4-6-14/h2-11,13H,12H2,1H3. The highest BCUT2D eigenvalue weighted by molar-refractivity contribution is 5.89. The zero-order valence-electron chi connectivity index (χ0n) is 13.6. The quantitative estimate of drug-likeness (QED) is 0.665. The van der Waals surface area contributed by atoms with E-state index in [-0.39, 0.29) is 12.2 Å². The van der Waals surface area contributed by atoms with Crippen molar-refractivity contribution in [2.24, 2.45) is 0 Å². The number of hydrogen-bond donors (Lipinski definition) is 0. The summed E-state index contributed by atoms with van der Waals surface area (Å²) < 4.78 is 15.7. The van der Waals surface area contributed by atoms with Gasteiger partial charge in [-0.15, -0.1) is 0 Å². The minimum absolute atomic E-state index is 0.0966. The average molecular weight is 336 g/mol. The van der Waals surface area contributed by atoms with E-state index in [1.54, 1.807) is 31.4 Å². The highest BCUT2D eigenvalue weighted by atomic mass is 16.5. The Hall–Kier alpha value is -3.34. The number of benzene rings is 2. The maximum Gasteiger partial charge on any atom is 0.345 e. The normalized spacial score (nSPS) is 10.3. The molecular formula is C20H16O5. The maximum atomic E-state index is 12.2. The Bertz CT molecular complexity index is 911. The summed E-state index contributed by atoms with van der Waals surface area (Å²) in [6, 6.07) is 17.6. The molecule has 126 valence electrons. The molecule has 0 saturated heterocycles. The van der Waals surface area contributed by atoms with Crippen LogP contribution in [0.1, 0.15) is 15.9 Å². The molecule has 0 N–H and O–H groups in total. The van der Waals surface area contributed by atoms with Crippen molar-refractivity contribution in [2.75, 3.05) is 7.11 Å². The first kappa shape index (κ1) is 16.5. The zero-order valence-corrected chi connectivity index (χ0v) is 13.6. The maximum absolute atomic E-state index is 12.2. The number of carbonyl (C=O) groups excluding carboxylic acids is 1. The van der Waals surface area contributed by atoms with Gasteiger partial charge in [-0.1, -0.05) is 30.3 Å². The minimum atomic E-state index is -0.709. The van der Waals surface area contributed by atoms with Gasteiger partial charge in [0.1, 0.15) is 29.9 Å². The van der Waals surface area contributed by atoms with Gasteiger partial charge in [0.05, 0.1) is 7.11 Å². The average Bonchev–Trinajstić information content (AvgIpc) is 2.67. The van der Waals surface area contributed by atoms with Crippen molar-refractivity contribution < 1.29 is 18.7 Å². The fraction of sp³-hybridized carbons (Fsp3) is 0.100. The minimum Gasteiger partial charge on any atom is -0.497 e. The molecule has 0 saturated carbocycles. The van der Waals surface area contributed by atoms with Crippen LogP contribution in [0.4, 0.5) is 0 Å². The molecule has 25 heavy (non-hydrogen) atoms. The summed E-state index contributed by atoms with van der Waals surface area (Å²) in [5.41, 5.74) is 0.973. The van der Waals surface area contributed by atoms with Gasteiger partial charge in [0.15, 0.2) is 5.43 Å². The van der Waals surface area contributed by atoms with Crippen molar-refractivity contribution in [3.63, 3.8) is 0 Å². The van der Waals surface area contributed by atoms with Gasteiger partial charge >= 0.3 is 5.97 Å². The summed E-state index contributed by atoms with van der Waals surface area (Å²) in [7, 11) is 1.57. The Kier molecular flexibility index (Phi) is 4.95. The van der Waals surface area contributed by atoms with E-state index in [9.17, 15) is 9.59 Å². The van der Waals surface area contributed by atoms with Crippen molar-refractivity contribution in [3.05, 3.63) is 88.3 Å². The topological polar surface area (TPSA) is 65.7 Å². The third kappa shape index (κ3) is 3.95. The molecule has 5 heteroatoms. The van der Waals surface area contributed by atoms with Crippen molar-refractivity contribution in [1.29, 1.82) is 0 Å². The van der Waals surface area contributed by atoms with Crippen LogP contribution in [-0.2, 0) is 11.3 Å². The number of hydrogen-bond acceptors (Lipinski definition) is 5. The lowest BCUT2D eigenvalue weighted by molar-refractivity contribution is 0.0468. The second kappa shape index (κ2) is 7.49. The molecule has 0 atom stereocenters. The smallest absolute Gasteiger partial charge is 0.345 e. The fourth-order valence-electron chi connectivity index (χ4n) is 2.27. The number of rotatable bonds is 5. The van der Waals surface area contributed by atoms with Crippen LogP contribution >= 0.6 is 0 Å². The molecule has 0 amide bonds. The van der Waals surface area contributed by atoms with E-state index in [4.69, 9.17) is 13.9 Å². The zero-order chi connectivity index (χ0) is 17.6. The number of methoxy groups -OCH3 is 1. The van der Waals surface area contributed by atoms with Gasteiger partial charge in [-0.2, -0.15) is 0 Å². The third-order valence-corrected chi connectivity index (χ3v) is 3.64. The Morgan fingerprint density at radius 1 is 1.04 bits per heavy atom. The van der Waals surface area contributed by atoms with Crippen molar-refractivity contribution in [2.45, 2.75) is 6.61 Å². The first-order valence-corrected chi connectivity index (χ1v) is 7.65. The van der Waals surface area contributed by atoms with E-state index in [1.165, 1.54) is 6.07 Å². The van der Waals surface area contributed by atoms with Crippen LogP contribution in [0.25, 0.3) is 11.3 Å². The molecule has 0 aliphatic heterocycles. The van der Waals surface area contributed by atoms with Crippen LogP contribution in [0.3, 0.4) is 0 Å². The van der Waals surface area contributed by atoms with E-state index in [0.29, 0.717) is 17.1 Å². The summed E-state index contributed by atoms with van der Waals surface area (Å²) in [5, 5.41) is 0. The van der Waals surface area contributed by atoms with E-state index < -0.39 is 11.4 Å². The predicted molar refractivity (Wildman–Crippen MR) is 92.5 cm³/mol. The lowest BCUT2D eigenvalue weighted by atomic mass is 10.1. The van der Waals surface area contributed by atoms with Crippen LogP contribution in [-0.4, -0.2) is 13.1 Å². The summed E-state index contributed by atoms with van der Waals surface area (Å²) in [4.78, 5) is 24.3. The molecule has 0 unspecified atom stereocenters. The largest absolute Gasteiger partial charge is 0.497 e. The van der Waals surface area contributed by atoms with Crippen LogP contribution in [0.2, 0.25) is 0 Å². The highest BCUT2D eigenvalue weighted by Gasteiger charge is 2.14. The van der Waals surface area contributed by atoms with Crippen molar-refractivity contribution in [1.82, 2.24) is 0 Å². The number of carbonyl (C=O) groups is 1. The molecular weight excluding hydrogens is 320 g/mol. The number of esters is 1. The highest BCUT2D eigenvalue weighted by Crippen LogP contribution is 2.21. The Balaban J connectivity index is 1.74. The van der Waals surface area contributed by atoms with Gasteiger partial charge in [-0.05, 0) is 29.8 Å². The Labute approximate surface area is 144 Å². The first-order valence-electron chi connectivity index (χ1n) is 7.65. The molecule has 0 fully saturated rings. The van der Waals surface area contributed by atoms with Crippen molar-refractivity contribution in [3.8, 4) is 17.1 Å². The van der Waals surface area contributed by atoms with Crippen LogP contribution in [0.15, 0.2) is 76.1 Å². The lowest BCUT2D eigenvalue weighted by Crippen LogP contribution is -2.16. The molecule has 0 radical (unpaired) electrons. The van der Waals surface area contributed by atoms with E-state index in [0.717, 1.165) is 11.8 Å². The van der Waals surface area contributed by atoms with Gasteiger partial charge in [0.2, 0.25) is 0 Å². The Morgan fingerprint density at radius 3 is 2.40 bits per heavy atom. The molecule has 5 nitrogen and oxygen atoms in total. The van der Waals surface area contributed by atoms with Gasteiger partial charge in [0.25, 0.3) is 0 Å². The van der Waals surface area contributed by atoms with Gasteiger partial charge in [0, 0.05) is 11.6 Å². The second-order valence-corrected chi connectivity index (χ2v) is 5.31. The monoisotopic (exact) mass is 336 g/mol. The molecule has 0 aliphatic carbocycles. The summed E-state index contributed by atoms with van der Waals surface area (Å²) in [5.74, 6) is 0.360. The van der Waals surface area contributed by atoms with Crippen LogP contribution in [0.5, 0.6) is 5.75 Å². The molecule has 2 aromatic carbocycles. The Morgan fingerprint density at radius 2 is 1.76 bits per heavy atom. The summed E-state index contributed by atoms with van der Waals surface area (Å²) in [6.07, 6.45) is 1.13. The SMILES string of the molecule is COc1ccc(-c2cc(=O)c(C(=O)OCc3ccccc3)co2)cc1. The number of ether oxygens (including phenoxy) is 2. The molecule has 3 rings (SSSR count). The molecule has 0 aliphatic rings. The first-order chi connectivity index (χ1) is 12.2. The van der Waals surface area contributed by atoms with E-state index in [1.807, 2.05) is 30.3 Å². The molecule has 1 aromatic heterocycles. The lowest BCUT2D eigenvalue weighted by Gasteiger charge is -2.06. The summed E-state index contributed by atoms with van der Waals surface area (Å²) in [6.45, 7) is 0.0966. The van der Waals surface area contributed by atoms with Crippen molar-refractivity contribution >= 4 is 5.97 Å². The van der Waals surface area contributed by atoms with Gasteiger partial charge < -0.3 is 13.9 Å². The summed E-state index contributed by atoms with van der Waals surface area (Å²) >= 11 is 0. The second-order valence-electron chi connectivity index (χ2n) is 5.31. The molecule has 0 spiro atoms.